The Bertz CT molecular complexity index is 457. The molecule has 2 rings (SSSR count). The first-order valence-electron chi connectivity index (χ1n) is 6.84. The van der Waals surface area contributed by atoms with E-state index in [0.29, 0.717) is 10.4 Å². The van der Waals surface area contributed by atoms with Gasteiger partial charge in [0.2, 0.25) is 0 Å². The van der Waals surface area contributed by atoms with E-state index >= 15 is 0 Å². The lowest BCUT2D eigenvalue weighted by Gasteiger charge is -2.28. The molecule has 1 unspecified atom stereocenters. The molecule has 0 radical (unpaired) electrons. The molecule has 1 fully saturated rings. The first-order chi connectivity index (χ1) is 9.08. The molecule has 4 heteroatoms. The maximum Gasteiger partial charge on any atom is 0.254 e. The normalized spacial score (nSPS) is 18.1. The zero-order chi connectivity index (χ0) is 13.8. The van der Waals surface area contributed by atoms with Crippen LogP contribution in [-0.2, 0) is 0 Å². The molecule has 1 saturated carbocycles. The lowest BCUT2D eigenvalue weighted by Crippen LogP contribution is -2.39. The summed E-state index contributed by atoms with van der Waals surface area (Å²) in [7, 11) is 0. The van der Waals surface area contributed by atoms with Gasteiger partial charge in [0.1, 0.15) is 5.82 Å². The van der Waals surface area contributed by atoms with Crippen LogP contribution in [-0.4, -0.2) is 11.9 Å². The zero-order valence-corrected chi connectivity index (χ0v) is 12.7. The number of hydrogen-bond donors (Lipinski definition) is 1. The van der Waals surface area contributed by atoms with Gasteiger partial charge in [0.05, 0.1) is 5.56 Å². The quantitative estimate of drug-likeness (QED) is 0.881. The molecule has 0 heterocycles. The monoisotopic (exact) mass is 327 g/mol. The maximum atomic E-state index is 13.6. The number of hydrogen-bond acceptors (Lipinski definition) is 1. The van der Waals surface area contributed by atoms with Gasteiger partial charge in [0.25, 0.3) is 5.91 Å². The number of rotatable bonds is 3. The van der Waals surface area contributed by atoms with Gasteiger partial charge in [-0.25, -0.2) is 4.39 Å². The predicted molar refractivity (Wildman–Crippen MR) is 77.6 cm³/mol. The third-order valence-electron chi connectivity index (χ3n) is 3.89. The van der Waals surface area contributed by atoms with Crippen molar-refractivity contribution in [2.24, 2.45) is 5.92 Å². The van der Waals surface area contributed by atoms with E-state index in [1.54, 1.807) is 6.07 Å². The van der Waals surface area contributed by atoms with Crippen molar-refractivity contribution in [3.63, 3.8) is 0 Å². The molecule has 0 spiro atoms. The Hall–Kier alpha value is -0.900. The number of amides is 1. The Kier molecular flexibility index (Phi) is 4.97. The van der Waals surface area contributed by atoms with Gasteiger partial charge < -0.3 is 5.32 Å². The van der Waals surface area contributed by atoms with Crippen molar-refractivity contribution in [1.29, 1.82) is 0 Å². The molecule has 2 nitrogen and oxygen atoms in total. The van der Waals surface area contributed by atoms with E-state index in [1.807, 2.05) is 6.92 Å². The standard InChI is InChI=1S/C15H19BrFNO/c1-10(11-5-3-2-4-6-11)18-15(19)13-9-12(16)7-8-14(13)17/h7-11H,2-6H2,1H3,(H,18,19). The average molecular weight is 328 g/mol. The molecule has 0 aliphatic heterocycles. The van der Waals surface area contributed by atoms with Crippen LogP contribution in [0, 0.1) is 11.7 Å². The Morgan fingerprint density at radius 3 is 2.74 bits per heavy atom. The van der Waals surface area contributed by atoms with E-state index in [9.17, 15) is 9.18 Å². The van der Waals surface area contributed by atoms with Gasteiger partial charge in [-0.15, -0.1) is 0 Å². The van der Waals surface area contributed by atoms with E-state index in [4.69, 9.17) is 0 Å². The predicted octanol–water partition coefficient (Wildman–Crippen LogP) is 4.29. The van der Waals surface area contributed by atoms with Crippen molar-refractivity contribution in [2.75, 3.05) is 0 Å². The minimum atomic E-state index is -0.475. The van der Waals surface area contributed by atoms with Gasteiger partial charge in [0, 0.05) is 10.5 Å². The zero-order valence-electron chi connectivity index (χ0n) is 11.1. The highest BCUT2D eigenvalue weighted by atomic mass is 79.9. The van der Waals surface area contributed by atoms with Crippen LogP contribution >= 0.6 is 15.9 Å². The summed E-state index contributed by atoms with van der Waals surface area (Å²) >= 11 is 3.26. The average Bonchev–Trinajstić information content (AvgIpc) is 2.42. The minimum Gasteiger partial charge on any atom is -0.349 e. The van der Waals surface area contributed by atoms with Gasteiger partial charge in [-0.05, 0) is 43.9 Å². The summed E-state index contributed by atoms with van der Waals surface area (Å²) in [5.74, 6) is -0.277. The van der Waals surface area contributed by atoms with Gasteiger partial charge in [-0.2, -0.15) is 0 Å². The molecule has 0 bridgehead atoms. The van der Waals surface area contributed by atoms with Gasteiger partial charge in [-0.1, -0.05) is 35.2 Å². The number of nitrogens with one attached hydrogen (secondary N) is 1. The van der Waals surface area contributed by atoms with Crippen LogP contribution in [0.25, 0.3) is 0 Å². The Morgan fingerprint density at radius 1 is 1.37 bits per heavy atom. The van der Waals surface area contributed by atoms with Gasteiger partial charge in [0.15, 0.2) is 0 Å². The summed E-state index contributed by atoms with van der Waals surface area (Å²) in [5.41, 5.74) is 0.108. The Morgan fingerprint density at radius 2 is 2.05 bits per heavy atom. The number of benzene rings is 1. The second-order valence-corrected chi connectivity index (χ2v) is 6.20. The fourth-order valence-corrected chi connectivity index (χ4v) is 3.07. The molecule has 0 aromatic heterocycles. The largest absolute Gasteiger partial charge is 0.349 e. The number of carbonyl (C=O) groups is 1. The number of carbonyl (C=O) groups excluding carboxylic acids is 1. The lowest BCUT2D eigenvalue weighted by atomic mass is 9.84. The van der Waals surface area contributed by atoms with Crippen LogP contribution in [0.1, 0.15) is 49.4 Å². The van der Waals surface area contributed by atoms with E-state index in [2.05, 4.69) is 21.2 Å². The van der Waals surface area contributed by atoms with Crippen LogP contribution in [0.3, 0.4) is 0 Å². The fraction of sp³-hybridized carbons (Fsp3) is 0.533. The highest BCUT2D eigenvalue weighted by Gasteiger charge is 2.22. The van der Waals surface area contributed by atoms with E-state index in [1.165, 1.54) is 31.4 Å². The van der Waals surface area contributed by atoms with Crippen molar-refractivity contribution in [1.82, 2.24) is 5.32 Å². The summed E-state index contributed by atoms with van der Waals surface area (Å²) < 4.78 is 14.3. The first-order valence-corrected chi connectivity index (χ1v) is 7.63. The number of halogens is 2. The summed E-state index contributed by atoms with van der Waals surface area (Å²) in [6.07, 6.45) is 6.06. The van der Waals surface area contributed by atoms with Crippen LogP contribution in [0.4, 0.5) is 4.39 Å². The molecule has 1 N–H and O–H groups in total. The van der Waals surface area contributed by atoms with Gasteiger partial charge >= 0.3 is 0 Å². The SMILES string of the molecule is CC(NC(=O)c1cc(Br)ccc1F)C1CCCCC1. The van der Waals surface area contributed by atoms with Crippen LogP contribution < -0.4 is 5.32 Å². The van der Waals surface area contributed by atoms with Crippen LogP contribution in [0.15, 0.2) is 22.7 Å². The minimum absolute atomic E-state index is 0.103. The third kappa shape index (κ3) is 3.78. The summed E-state index contributed by atoms with van der Waals surface area (Å²) in [6, 6.07) is 4.53. The molecule has 104 valence electrons. The van der Waals surface area contributed by atoms with Crippen LogP contribution in [0.2, 0.25) is 0 Å². The topological polar surface area (TPSA) is 29.1 Å². The second kappa shape index (κ2) is 6.51. The Balaban J connectivity index is 2.01. The van der Waals surface area contributed by atoms with Crippen molar-refractivity contribution < 1.29 is 9.18 Å². The fourth-order valence-electron chi connectivity index (χ4n) is 2.71. The second-order valence-electron chi connectivity index (χ2n) is 5.28. The smallest absolute Gasteiger partial charge is 0.254 e. The molecule has 1 aliphatic carbocycles. The lowest BCUT2D eigenvalue weighted by molar-refractivity contribution is 0.0915. The van der Waals surface area contributed by atoms with Crippen molar-refractivity contribution in [3.8, 4) is 0 Å². The highest BCUT2D eigenvalue weighted by Crippen LogP contribution is 2.26. The van der Waals surface area contributed by atoms with Crippen molar-refractivity contribution >= 4 is 21.8 Å². The molecule has 1 amide bonds. The highest BCUT2D eigenvalue weighted by molar-refractivity contribution is 9.10. The van der Waals surface area contributed by atoms with E-state index in [-0.39, 0.29) is 17.5 Å². The molecule has 1 atom stereocenters. The Labute approximate surface area is 121 Å². The molecule has 19 heavy (non-hydrogen) atoms. The molecular formula is C15H19BrFNO. The summed E-state index contributed by atoms with van der Waals surface area (Å²) in [6.45, 7) is 2.02. The molecular weight excluding hydrogens is 309 g/mol. The summed E-state index contributed by atoms with van der Waals surface area (Å²) in [4.78, 5) is 12.1. The van der Waals surface area contributed by atoms with E-state index in [0.717, 1.165) is 12.8 Å². The third-order valence-corrected chi connectivity index (χ3v) is 4.38. The molecule has 1 aromatic rings. The van der Waals surface area contributed by atoms with Crippen molar-refractivity contribution in [2.45, 2.75) is 45.1 Å². The first kappa shape index (κ1) is 14.5. The van der Waals surface area contributed by atoms with Crippen molar-refractivity contribution in [3.05, 3.63) is 34.1 Å². The molecule has 1 aromatic carbocycles. The molecule has 0 saturated heterocycles. The summed E-state index contributed by atoms with van der Waals surface area (Å²) in [5, 5.41) is 2.93. The van der Waals surface area contributed by atoms with E-state index < -0.39 is 5.82 Å². The maximum absolute atomic E-state index is 13.6. The van der Waals surface area contributed by atoms with Crippen LogP contribution in [0.5, 0.6) is 0 Å². The molecule has 1 aliphatic rings. The van der Waals surface area contributed by atoms with Gasteiger partial charge in [-0.3, -0.25) is 4.79 Å².